The molecule has 17 heavy (non-hydrogen) atoms. The number of carbonyl (C=O) groups is 1. The summed E-state index contributed by atoms with van der Waals surface area (Å²) >= 11 is 0. The maximum absolute atomic E-state index is 10.5. The van der Waals surface area contributed by atoms with E-state index in [4.69, 9.17) is 15.6 Å². The minimum absolute atomic E-state index is 0.271. The van der Waals surface area contributed by atoms with Gasteiger partial charge in [0.05, 0.1) is 19.6 Å². The molecule has 2 atom stereocenters. The fourth-order valence-electron chi connectivity index (χ4n) is 1.65. The fourth-order valence-corrected chi connectivity index (χ4v) is 1.65. The highest BCUT2D eigenvalue weighted by molar-refractivity contribution is 5.67. The number of aliphatic hydroxyl groups is 1. The van der Waals surface area contributed by atoms with Gasteiger partial charge in [-0.05, 0) is 30.2 Å². The number of aliphatic hydroxyl groups excluding tert-OH is 1. The molecule has 0 bridgehead atoms. The molecule has 0 spiro atoms. The first-order valence-electron chi connectivity index (χ1n) is 5.25. The number of carboxylic acids is 1. The summed E-state index contributed by atoms with van der Waals surface area (Å²) in [5.74, 6) is -0.340. The zero-order chi connectivity index (χ0) is 13.0. The van der Waals surface area contributed by atoms with Crippen LogP contribution in [-0.4, -0.2) is 29.3 Å². The molecule has 1 aromatic rings. The van der Waals surface area contributed by atoms with Crippen molar-refractivity contribution in [3.8, 4) is 5.75 Å². The van der Waals surface area contributed by atoms with Crippen LogP contribution in [0.5, 0.6) is 5.75 Å². The maximum atomic E-state index is 10.5. The van der Waals surface area contributed by atoms with Crippen molar-refractivity contribution in [2.24, 2.45) is 5.73 Å². The van der Waals surface area contributed by atoms with E-state index in [-0.39, 0.29) is 6.42 Å². The Kier molecular flexibility index (Phi) is 4.48. The first-order chi connectivity index (χ1) is 7.95. The lowest BCUT2D eigenvalue weighted by atomic mass is 9.96. The minimum Gasteiger partial charge on any atom is -0.497 e. The van der Waals surface area contributed by atoms with Gasteiger partial charge in [0.15, 0.2) is 0 Å². The lowest BCUT2D eigenvalue weighted by Crippen LogP contribution is -2.31. The van der Waals surface area contributed by atoms with Gasteiger partial charge in [-0.3, -0.25) is 4.79 Å². The third-order valence-corrected chi connectivity index (χ3v) is 2.61. The Bertz CT molecular complexity index is 405. The molecular weight excluding hydrogens is 222 g/mol. The molecule has 5 nitrogen and oxygen atoms in total. The molecule has 1 rings (SSSR count). The monoisotopic (exact) mass is 239 g/mol. The molecule has 94 valence electrons. The number of nitrogens with two attached hydrogens (primary N) is 1. The number of benzene rings is 1. The molecule has 0 aliphatic heterocycles. The van der Waals surface area contributed by atoms with Gasteiger partial charge >= 0.3 is 5.97 Å². The summed E-state index contributed by atoms with van der Waals surface area (Å²) in [5.41, 5.74) is 7.07. The lowest BCUT2D eigenvalue weighted by Gasteiger charge is -2.19. The second kappa shape index (κ2) is 5.65. The lowest BCUT2D eigenvalue weighted by molar-refractivity contribution is -0.138. The van der Waals surface area contributed by atoms with Crippen LogP contribution in [0.1, 0.15) is 23.7 Å². The highest BCUT2D eigenvalue weighted by Crippen LogP contribution is 2.24. The van der Waals surface area contributed by atoms with Crippen LogP contribution in [0.3, 0.4) is 0 Å². The van der Waals surface area contributed by atoms with Crippen molar-refractivity contribution in [1.82, 2.24) is 0 Å². The number of ether oxygens (including phenoxy) is 1. The van der Waals surface area contributed by atoms with Gasteiger partial charge in [-0.15, -0.1) is 0 Å². The number of rotatable bonds is 5. The average molecular weight is 239 g/mol. The van der Waals surface area contributed by atoms with E-state index >= 15 is 0 Å². The van der Waals surface area contributed by atoms with Crippen molar-refractivity contribution in [3.05, 3.63) is 29.3 Å². The molecule has 0 heterocycles. The molecule has 0 saturated carbocycles. The summed E-state index contributed by atoms with van der Waals surface area (Å²) in [6, 6.07) is 4.35. The number of carboxylic acid groups (broad SMARTS) is 1. The van der Waals surface area contributed by atoms with Crippen LogP contribution in [0.4, 0.5) is 0 Å². The Morgan fingerprint density at radius 1 is 1.53 bits per heavy atom. The van der Waals surface area contributed by atoms with Gasteiger partial charge in [-0.25, -0.2) is 0 Å². The van der Waals surface area contributed by atoms with E-state index < -0.39 is 18.1 Å². The molecule has 5 heteroatoms. The zero-order valence-electron chi connectivity index (χ0n) is 9.88. The van der Waals surface area contributed by atoms with Gasteiger partial charge < -0.3 is 20.7 Å². The SMILES string of the molecule is COc1ccc(C(O)C(N)CC(=O)O)c(C)c1. The summed E-state index contributed by atoms with van der Waals surface area (Å²) in [6.45, 7) is 1.81. The van der Waals surface area contributed by atoms with Crippen LogP contribution < -0.4 is 10.5 Å². The second-order valence-corrected chi connectivity index (χ2v) is 3.93. The van der Waals surface area contributed by atoms with Crippen molar-refractivity contribution in [1.29, 1.82) is 0 Å². The van der Waals surface area contributed by atoms with Gasteiger partial charge in [0, 0.05) is 6.04 Å². The Hall–Kier alpha value is -1.59. The zero-order valence-corrected chi connectivity index (χ0v) is 9.88. The van der Waals surface area contributed by atoms with Crippen LogP contribution in [0.15, 0.2) is 18.2 Å². The molecule has 1 aromatic carbocycles. The van der Waals surface area contributed by atoms with Crippen molar-refractivity contribution in [2.45, 2.75) is 25.5 Å². The maximum Gasteiger partial charge on any atom is 0.305 e. The van der Waals surface area contributed by atoms with Crippen LogP contribution in [-0.2, 0) is 4.79 Å². The molecule has 0 radical (unpaired) electrons. The van der Waals surface area contributed by atoms with Crippen molar-refractivity contribution in [2.75, 3.05) is 7.11 Å². The summed E-state index contributed by atoms with van der Waals surface area (Å²) < 4.78 is 5.05. The molecule has 0 aliphatic carbocycles. The number of aryl methyl sites for hydroxylation is 1. The van der Waals surface area contributed by atoms with E-state index in [0.717, 1.165) is 5.56 Å². The van der Waals surface area contributed by atoms with E-state index in [1.165, 1.54) is 0 Å². The molecular formula is C12H17NO4. The Morgan fingerprint density at radius 2 is 2.18 bits per heavy atom. The predicted molar refractivity (Wildman–Crippen MR) is 62.9 cm³/mol. The molecule has 0 saturated heterocycles. The molecule has 0 aliphatic rings. The fraction of sp³-hybridized carbons (Fsp3) is 0.417. The second-order valence-electron chi connectivity index (χ2n) is 3.93. The smallest absolute Gasteiger partial charge is 0.305 e. The normalized spacial score (nSPS) is 14.1. The predicted octanol–water partition coefficient (Wildman–Crippen LogP) is 0.839. The van der Waals surface area contributed by atoms with Crippen molar-refractivity contribution in [3.63, 3.8) is 0 Å². The van der Waals surface area contributed by atoms with Crippen molar-refractivity contribution < 1.29 is 19.7 Å². The van der Waals surface area contributed by atoms with E-state index in [1.807, 2.05) is 6.92 Å². The highest BCUT2D eigenvalue weighted by Gasteiger charge is 2.21. The van der Waals surface area contributed by atoms with Crippen LogP contribution in [0.25, 0.3) is 0 Å². The Morgan fingerprint density at radius 3 is 2.65 bits per heavy atom. The van der Waals surface area contributed by atoms with Crippen molar-refractivity contribution >= 4 is 5.97 Å². The summed E-state index contributed by atoms with van der Waals surface area (Å²) in [7, 11) is 1.56. The quantitative estimate of drug-likeness (QED) is 0.708. The largest absolute Gasteiger partial charge is 0.497 e. The summed E-state index contributed by atoms with van der Waals surface area (Å²) in [5, 5.41) is 18.6. The average Bonchev–Trinajstić information content (AvgIpc) is 2.27. The standard InChI is InChI=1S/C12H17NO4/c1-7-5-8(17-2)3-4-9(7)12(16)10(13)6-11(14)15/h3-5,10,12,16H,6,13H2,1-2H3,(H,14,15). The Balaban J connectivity index is 2.88. The minimum atomic E-state index is -1.03. The molecule has 2 unspecified atom stereocenters. The number of hydrogen-bond acceptors (Lipinski definition) is 4. The molecule has 0 amide bonds. The van der Waals surface area contributed by atoms with Gasteiger partial charge in [0.2, 0.25) is 0 Å². The van der Waals surface area contributed by atoms with Crippen LogP contribution in [0.2, 0.25) is 0 Å². The van der Waals surface area contributed by atoms with E-state index in [1.54, 1.807) is 25.3 Å². The number of hydrogen-bond donors (Lipinski definition) is 3. The van der Waals surface area contributed by atoms with Gasteiger partial charge in [0.1, 0.15) is 5.75 Å². The molecule has 0 aromatic heterocycles. The van der Waals surface area contributed by atoms with Gasteiger partial charge in [0.25, 0.3) is 0 Å². The first-order valence-corrected chi connectivity index (χ1v) is 5.25. The number of methoxy groups -OCH3 is 1. The summed E-state index contributed by atoms with van der Waals surface area (Å²) in [6.07, 6.45) is -1.26. The van der Waals surface area contributed by atoms with E-state index in [9.17, 15) is 9.90 Å². The topological polar surface area (TPSA) is 92.8 Å². The van der Waals surface area contributed by atoms with Crippen LogP contribution >= 0.6 is 0 Å². The van der Waals surface area contributed by atoms with Gasteiger partial charge in [-0.1, -0.05) is 6.07 Å². The molecule has 0 fully saturated rings. The first kappa shape index (κ1) is 13.5. The summed E-state index contributed by atoms with van der Waals surface area (Å²) in [4.78, 5) is 10.5. The number of aliphatic carboxylic acids is 1. The van der Waals surface area contributed by atoms with E-state index in [0.29, 0.717) is 11.3 Å². The third-order valence-electron chi connectivity index (χ3n) is 2.61. The Labute approximate surface area is 99.8 Å². The van der Waals surface area contributed by atoms with E-state index in [2.05, 4.69) is 0 Å². The van der Waals surface area contributed by atoms with Crippen LogP contribution in [0, 0.1) is 6.92 Å². The van der Waals surface area contributed by atoms with Gasteiger partial charge in [-0.2, -0.15) is 0 Å². The highest BCUT2D eigenvalue weighted by atomic mass is 16.5. The molecule has 4 N–H and O–H groups in total. The third kappa shape index (κ3) is 3.44.